The van der Waals surface area contributed by atoms with E-state index in [1.807, 2.05) is 0 Å². The summed E-state index contributed by atoms with van der Waals surface area (Å²) in [4.78, 5) is 14.2. The van der Waals surface area contributed by atoms with Crippen LogP contribution in [0.1, 0.15) is 5.82 Å². The Morgan fingerprint density at radius 1 is 1.41 bits per heavy atom. The Morgan fingerprint density at radius 2 is 2.12 bits per heavy atom. The van der Waals surface area contributed by atoms with Gasteiger partial charge in [-0.15, -0.1) is 0 Å². The molecule has 2 aromatic rings. The minimum atomic E-state index is -0.321. The maximum atomic E-state index is 11.6. The van der Waals surface area contributed by atoms with E-state index in [-0.39, 0.29) is 12.3 Å². The third-order valence-electron chi connectivity index (χ3n) is 2.33. The van der Waals surface area contributed by atoms with E-state index in [0.29, 0.717) is 23.7 Å². The number of aliphatic hydroxyl groups excluding tert-OH is 1. The van der Waals surface area contributed by atoms with Gasteiger partial charge in [-0.05, 0) is 24.3 Å². The molecule has 0 aliphatic heterocycles. The number of ether oxygens (including phenoxy) is 1. The lowest BCUT2D eigenvalue weighted by molar-refractivity contribution is 0.296. The van der Waals surface area contributed by atoms with Crippen LogP contribution in [-0.4, -0.2) is 33.6 Å². The lowest BCUT2D eigenvalue weighted by Gasteiger charge is -2.01. The van der Waals surface area contributed by atoms with Gasteiger partial charge >= 0.3 is 5.69 Å². The van der Waals surface area contributed by atoms with Crippen molar-refractivity contribution in [2.75, 3.05) is 13.7 Å². The normalized spacial score (nSPS) is 10.5. The van der Waals surface area contributed by atoms with E-state index in [0.717, 1.165) is 0 Å². The SMILES string of the molecule is COc1ccc(-n2nc(CCO)[nH]c2=O)cc1. The number of nitrogens with zero attached hydrogens (tertiary/aromatic N) is 2. The lowest BCUT2D eigenvalue weighted by atomic mass is 10.3. The van der Waals surface area contributed by atoms with Crippen LogP contribution < -0.4 is 10.4 Å². The highest BCUT2D eigenvalue weighted by Crippen LogP contribution is 2.12. The Kier molecular flexibility index (Phi) is 3.24. The number of methoxy groups -OCH3 is 1. The van der Waals surface area contributed by atoms with Crippen LogP contribution in [0, 0.1) is 0 Å². The summed E-state index contributed by atoms with van der Waals surface area (Å²) in [7, 11) is 1.58. The Hall–Kier alpha value is -2.08. The summed E-state index contributed by atoms with van der Waals surface area (Å²) >= 11 is 0. The Balaban J connectivity index is 2.35. The molecule has 2 N–H and O–H groups in total. The highest BCUT2D eigenvalue weighted by Gasteiger charge is 2.06. The quantitative estimate of drug-likeness (QED) is 0.787. The second-order valence-electron chi connectivity index (χ2n) is 3.46. The van der Waals surface area contributed by atoms with Crippen molar-refractivity contribution in [1.82, 2.24) is 14.8 Å². The summed E-state index contributed by atoms with van der Waals surface area (Å²) in [6, 6.07) is 6.98. The first-order valence-corrected chi connectivity index (χ1v) is 5.18. The number of hydrogen-bond donors (Lipinski definition) is 2. The Labute approximate surface area is 97.5 Å². The number of aliphatic hydroxyl groups is 1. The molecule has 0 bridgehead atoms. The van der Waals surface area contributed by atoms with Crippen LogP contribution >= 0.6 is 0 Å². The highest BCUT2D eigenvalue weighted by atomic mass is 16.5. The maximum absolute atomic E-state index is 11.6. The molecule has 0 aliphatic rings. The van der Waals surface area contributed by atoms with E-state index in [1.54, 1.807) is 31.4 Å². The Morgan fingerprint density at radius 3 is 2.71 bits per heavy atom. The predicted molar refractivity (Wildman–Crippen MR) is 61.5 cm³/mol. The fourth-order valence-electron chi connectivity index (χ4n) is 1.48. The second kappa shape index (κ2) is 4.84. The summed E-state index contributed by atoms with van der Waals surface area (Å²) < 4.78 is 6.28. The van der Waals surface area contributed by atoms with Gasteiger partial charge in [0.2, 0.25) is 0 Å². The van der Waals surface area contributed by atoms with Crippen molar-refractivity contribution in [3.8, 4) is 11.4 Å². The van der Waals surface area contributed by atoms with E-state index in [9.17, 15) is 4.79 Å². The molecule has 0 radical (unpaired) electrons. The van der Waals surface area contributed by atoms with Gasteiger partial charge in [-0.25, -0.2) is 4.79 Å². The van der Waals surface area contributed by atoms with E-state index in [2.05, 4.69) is 10.1 Å². The maximum Gasteiger partial charge on any atom is 0.348 e. The topological polar surface area (TPSA) is 80.1 Å². The number of aromatic amines is 1. The molecule has 0 spiro atoms. The number of aromatic nitrogens is 3. The van der Waals surface area contributed by atoms with Gasteiger partial charge in [-0.1, -0.05) is 0 Å². The first kappa shape index (κ1) is 11.4. The molecule has 0 unspecified atom stereocenters. The number of hydrogen-bond acceptors (Lipinski definition) is 4. The van der Waals surface area contributed by atoms with E-state index < -0.39 is 0 Å². The van der Waals surface area contributed by atoms with Gasteiger partial charge in [0.1, 0.15) is 11.6 Å². The third kappa shape index (κ3) is 2.36. The summed E-state index contributed by atoms with van der Waals surface area (Å²) in [5.74, 6) is 1.18. The Bertz CT molecular complexity index is 542. The first-order valence-electron chi connectivity index (χ1n) is 5.18. The van der Waals surface area contributed by atoms with Crippen molar-refractivity contribution in [2.45, 2.75) is 6.42 Å². The molecular formula is C11H13N3O3. The van der Waals surface area contributed by atoms with E-state index >= 15 is 0 Å². The monoisotopic (exact) mass is 235 g/mol. The van der Waals surface area contributed by atoms with Crippen LogP contribution in [0.2, 0.25) is 0 Å². The number of rotatable bonds is 4. The summed E-state index contributed by atoms with van der Waals surface area (Å²) in [6.45, 7) is -0.0461. The second-order valence-corrected chi connectivity index (χ2v) is 3.46. The highest BCUT2D eigenvalue weighted by molar-refractivity contribution is 5.36. The van der Waals surface area contributed by atoms with Crippen LogP contribution in [0.15, 0.2) is 29.1 Å². The van der Waals surface area contributed by atoms with Gasteiger partial charge in [0.25, 0.3) is 0 Å². The van der Waals surface area contributed by atoms with Crippen molar-refractivity contribution in [3.05, 3.63) is 40.6 Å². The molecule has 2 rings (SSSR count). The van der Waals surface area contributed by atoms with Crippen LogP contribution in [0.5, 0.6) is 5.75 Å². The average Bonchev–Trinajstić information content (AvgIpc) is 2.71. The minimum Gasteiger partial charge on any atom is -0.497 e. The van der Waals surface area contributed by atoms with Crippen LogP contribution in [-0.2, 0) is 6.42 Å². The molecule has 0 aliphatic carbocycles. The van der Waals surface area contributed by atoms with Crippen LogP contribution in [0.4, 0.5) is 0 Å². The van der Waals surface area contributed by atoms with Crippen molar-refractivity contribution in [1.29, 1.82) is 0 Å². The van der Waals surface area contributed by atoms with Crippen molar-refractivity contribution in [2.24, 2.45) is 0 Å². The largest absolute Gasteiger partial charge is 0.497 e. The molecular weight excluding hydrogens is 222 g/mol. The summed E-state index contributed by atoms with van der Waals surface area (Å²) in [6.07, 6.45) is 0.332. The van der Waals surface area contributed by atoms with Gasteiger partial charge in [-0.3, -0.25) is 4.98 Å². The molecule has 90 valence electrons. The summed E-state index contributed by atoms with van der Waals surface area (Å²) in [5.41, 5.74) is 0.329. The molecule has 1 heterocycles. The zero-order chi connectivity index (χ0) is 12.3. The van der Waals surface area contributed by atoms with Crippen molar-refractivity contribution >= 4 is 0 Å². The van der Waals surface area contributed by atoms with Gasteiger partial charge in [0, 0.05) is 6.42 Å². The van der Waals surface area contributed by atoms with Gasteiger partial charge in [0.05, 0.1) is 19.4 Å². The van der Waals surface area contributed by atoms with Crippen LogP contribution in [0.25, 0.3) is 5.69 Å². The molecule has 17 heavy (non-hydrogen) atoms. The molecule has 0 atom stereocenters. The smallest absolute Gasteiger partial charge is 0.348 e. The van der Waals surface area contributed by atoms with Crippen molar-refractivity contribution < 1.29 is 9.84 Å². The summed E-state index contributed by atoms with van der Waals surface area (Å²) in [5, 5.41) is 12.8. The zero-order valence-electron chi connectivity index (χ0n) is 9.38. The molecule has 1 aromatic carbocycles. The van der Waals surface area contributed by atoms with Gasteiger partial charge in [-0.2, -0.15) is 9.78 Å². The fourth-order valence-corrected chi connectivity index (χ4v) is 1.48. The molecule has 6 heteroatoms. The molecule has 0 amide bonds. The molecule has 0 saturated carbocycles. The minimum absolute atomic E-state index is 0.0461. The third-order valence-corrected chi connectivity index (χ3v) is 2.33. The number of benzene rings is 1. The predicted octanol–water partition coefficient (Wildman–Crippen LogP) is 0.104. The van der Waals surface area contributed by atoms with E-state index in [1.165, 1.54) is 4.68 Å². The van der Waals surface area contributed by atoms with Crippen LogP contribution in [0.3, 0.4) is 0 Å². The van der Waals surface area contributed by atoms with Gasteiger partial charge < -0.3 is 9.84 Å². The molecule has 1 aromatic heterocycles. The first-order chi connectivity index (χ1) is 8.24. The van der Waals surface area contributed by atoms with E-state index in [4.69, 9.17) is 9.84 Å². The molecule has 6 nitrogen and oxygen atoms in total. The fraction of sp³-hybridized carbons (Fsp3) is 0.273. The lowest BCUT2D eigenvalue weighted by Crippen LogP contribution is -2.15. The van der Waals surface area contributed by atoms with Gasteiger partial charge in [0.15, 0.2) is 0 Å². The number of H-pyrrole nitrogens is 1. The zero-order valence-corrected chi connectivity index (χ0v) is 9.38. The number of nitrogens with one attached hydrogen (secondary N) is 1. The average molecular weight is 235 g/mol. The standard InChI is InChI=1S/C11H13N3O3/c1-17-9-4-2-8(3-5-9)14-11(16)12-10(13-14)6-7-15/h2-5,15H,6-7H2,1H3,(H,12,13,16). The van der Waals surface area contributed by atoms with Crippen molar-refractivity contribution in [3.63, 3.8) is 0 Å². The molecule has 0 saturated heterocycles. The molecule has 0 fully saturated rings.